The standard InChI is InChI=1S/C13H19FN2O/c1-3-4-9(2)16-8-11-6-5-10(13(15)17)7-12(11)14/h5-7,9,16H,3-4,8H2,1-2H3,(H2,15,17). The molecule has 94 valence electrons. The van der Waals surface area contributed by atoms with Crippen LogP contribution in [0.1, 0.15) is 42.6 Å². The maximum Gasteiger partial charge on any atom is 0.248 e. The molecule has 0 aromatic heterocycles. The molecule has 0 bridgehead atoms. The second-order valence-corrected chi connectivity index (χ2v) is 4.24. The monoisotopic (exact) mass is 238 g/mol. The Bertz CT molecular complexity index is 393. The minimum absolute atomic E-state index is 0.202. The van der Waals surface area contributed by atoms with E-state index in [1.165, 1.54) is 6.07 Å². The molecule has 1 rings (SSSR count). The molecule has 0 saturated carbocycles. The van der Waals surface area contributed by atoms with Crippen molar-refractivity contribution in [2.45, 2.75) is 39.3 Å². The molecule has 1 unspecified atom stereocenters. The lowest BCUT2D eigenvalue weighted by Gasteiger charge is -2.13. The highest BCUT2D eigenvalue weighted by atomic mass is 19.1. The van der Waals surface area contributed by atoms with Gasteiger partial charge in [0, 0.05) is 23.7 Å². The lowest BCUT2D eigenvalue weighted by atomic mass is 10.1. The van der Waals surface area contributed by atoms with Crippen LogP contribution >= 0.6 is 0 Å². The second-order valence-electron chi connectivity index (χ2n) is 4.24. The molecule has 3 nitrogen and oxygen atoms in total. The molecule has 1 aromatic carbocycles. The Morgan fingerprint density at radius 2 is 2.24 bits per heavy atom. The van der Waals surface area contributed by atoms with Crippen LogP contribution in [0.25, 0.3) is 0 Å². The van der Waals surface area contributed by atoms with Crippen molar-refractivity contribution in [1.82, 2.24) is 5.32 Å². The number of hydrogen-bond donors (Lipinski definition) is 2. The Morgan fingerprint density at radius 1 is 1.53 bits per heavy atom. The van der Waals surface area contributed by atoms with Gasteiger partial charge in [0.15, 0.2) is 0 Å². The lowest BCUT2D eigenvalue weighted by molar-refractivity contribution is 0.1000. The fourth-order valence-corrected chi connectivity index (χ4v) is 1.66. The number of hydrogen-bond acceptors (Lipinski definition) is 2. The van der Waals surface area contributed by atoms with Crippen molar-refractivity contribution >= 4 is 5.91 Å². The van der Waals surface area contributed by atoms with E-state index in [1.54, 1.807) is 12.1 Å². The van der Waals surface area contributed by atoms with Crippen LogP contribution in [0.5, 0.6) is 0 Å². The van der Waals surface area contributed by atoms with Crippen LogP contribution in [-0.4, -0.2) is 11.9 Å². The highest BCUT2D eigenvalue weighted by Gasteiger charge is 2.07. The van der Waals surface area contributed by atoms with Crippen molar-refractivity contribution in [3.63, 3.8) is 0 Å². The van der Waals surface area contributed by atoms with E-state index in [0.29, 0.717) is 18.2 Å². The highest BCUT2D eigenvalue weighted by Crippen LogP contribution is 2.10. The van der Waals surface area contributed by atoms with Gasteiger partial charge in [-0.05, 0) is 25.5 Å². The Hall–Kier alpha value is -1.42. The average Bonchev–Trinajstić information content (AvgIpc) is 2.27. The summed E-state index contributed by atoms with van der Waals surface area (Å²) in [7, 11) is 0. The minimum atomic E-state index is -0.609. The number of carbonyl (C=O) groups is 1. The molecule has 17 heavy (non-hydrogen) atoms. The van der Waals surface area contributed by atoms with Crippen molar-refractivity contribution in [2.75, 3.05) is 0 Å². The summed E-state index contributed by atoms with van der Waals surface area (Å²) in [5, 5.41) is 3.23. The van der Waals surface area contributed by atoms with Gasteiger partial charge in [0.05, 0.1) is 0 Å². The van der Waals surface area contributed by atoms with Crippen LogP contribution in [0.4, 0.5) is 4.39 Å². The summed E-state index contributed by atoms with van der Waals surface area (Å²) in [5.74, 6) is -1.000. The van der Waals surface area contributed by atoms with E-state index in [-0.39, 0.29) is 5.56 Å². The van der Waals surface area contributed by atoms with Gasteiger partial charge >= 0.3 is 0 Å². The van der Waals surface area contributed by atoms with Crippen LogP contribution in [0.15, 0.2) is 18.2 Å². The van der Waals surface area contributed by atoms with Crippen LogP contribution < -0.4 is 11.1 Å². The number of carbonyl (C=O) groups excluding carboxylic acids is 1. The Kier molecular flexibility index (Phi) is 5.10. The van der Waals surface area contributed by atoms with Gasteiger partial charge in [-0.15, -0.1) is 0 Å². The third-order valence-corrected chi connectivity index (χ3v) is 2.70. The predicted molar refractivity (Wildman–Crippen MR) is 66.1 cm³/mol. The molecular weight excluding hydrogens is 219 g/mol. The Morgan fingerprint density at radius 3 is 2.76 bits per heavy atom. The molecule has 0 fully saturated rings. The van der Waals surface area contributed by atoms with Crippen molar-refractivity contribution in [2.24, 2.45) is 5.73 Å². The molecule has 1 amide bonds. The third kappa shape index (κ3) is 4.15. The first-order chi connectivity index (χ1) is 8.04. The van der Waals surface area contributed by atoms with E-state index in [0.717, 1.165) is 12.8 Å². The number of halogens is 1. The van der Waals surface area contributed by atoms with E-state index >= 15 is 0 Å². The SMILES string of the molecule is CCCC(C)NCc1ccc(C(N)=O)cc1F. The molecule has 0 aliphatic rings. The van der Waals surface area contributed by atoms with Crippen LogP contribution in [0, 0.1) is 5.82 Å². The van der Waals surface area contributed by atoms with Gasteiger partial charge in [0.1, 0.15) is 5.82 Å². The Balaban J connectivity index is 2.63. The molecule has 1 aromatic rings. The van der Waals surface area contributed by atoms with Crippen LogP contribution in [0.3, 0.4) is 0 Å². The summed E-state index contributed by atoms with van der Waals surface area (Å²) < 4.78 is 13.6. The first kappa shape index (κ1) is 13.6. The van der Waals surface area contributed by atoms with E-state index in [1.807, 2.05) is 0 Å². The zero-order valence-corrected chi connectivity index (χ0v) is 10.3. The predicted octanol–water partition coefficient (Wildman–Crippen LogP) is 2.20. The normalized spacial score (nSPS) is 12.4. The quantitative estimate of drug-likeness (QED) is 0.798. The summed E-state index contributed by atoms with van der Waals surface area (Å²) >= 11 is 0. The van der Waals surface area contributed by atoms with Gasteiger partial charge in [-0.3, -0.25) is 4.79 Å². The maximum absolute atomic E-state index is 13.6. The van der Waals surface area contributed by atoms with Crippen molar-refractivity contribution < 1.29 is 9.18 Å². The van der Waals surface area contributed by atoms with Crippen molar-refractivity contribution in [3.8, 4) is 0 Å². The number of amides is 1. The number of nitrogens with two attached hydrogens (primary N) is 1. The molecule has 3 N–H and O–H groups in total. The Labute approximate surface area is 101 Å². The fraction of sp³-hybridized carbons (Fsp3) is 0.462. The summed E-state index contributed by atoms with van der Waals surface area (Å²) in [6.07, 6.45) is 2.15. The lowest BCUT2D eigenvalue weighted by Crippen LogP contribution is -2.25. The van der Waals surface area contributed by atoms with Gasteiger partial charge in [-0.25, -0.2) is 4.39 Å². The smallest absolute Gasteiger partial charge is 0.248 e. The number of rotatable bonds is 6. The summed E-state index contributed by atoms with van der Waals surface area (Å²) in [6, 6.07) is 4.69. The molecule has 0 spiro atoms. The van der Waals surface area contributed by atoms with Gasteiger partial charge in [0.2, 0.25) is 5.91 Å². The van der Waals surface area contributed by atoms with Gasteiger partial charge in [-0.2, -0.15) is 0 Å². The first-order valence-corrected chi connectivity index (χ1v) is 5.86. The number of primary amides is 1. The highest BCUT2D eigenvalue weighted by molar-refractivity contribution is 5.92. The summed E-state index contributed by atoms with van der Waals surface area (Å²) in [4.78, 5) is 10.9. The van der Waals surface area contributed by atoms with Gasteiger partial charge in [-0.1, -0.05) is 19.4 Å². The van der Waals surface area contributed by atoms with Crippen LogP contribution in [0.2, 0.25) is 0 Å². The van der Waals surface area contributed by atoms with Gasteiger partial charge in [0.25, 0.3) is 0 Å². The summed E-state index contributed by atoms with van der Waals surface area (Å²) in [5.41, 5.74) is 5.83. The average molecular weight is 238 g/mol. The van der Waals surface area contributed by atoms with Gasteiger partial charge < -0.3 is 11.1 Å². The summed E-state index contributed by atoms with van der Waals surface area (Å²) in [6.45, 7) is 4.64. The molecule has 0 radical (unpaired) electrons. The second kappa shape index (κ2) is 6.35. The zero-order chi connectivity index (χ0) is 12.8. The number of nitrogens with one attached hydrogen (secondary N) is 1. The van der Waals surface area contributed by atoms with Crippen LogP contribution in [-0.2, 0) is 6.54 Å². The van der Waals surface area contributed by atoms with Crippen molar-refractivity contribution in [3.05, 3.63) is 35.1 Å². The van der Waals surface area contributed by atoms with E-state index in [9.17, 15) is 9.18 Å². The van der Waals surface area contributed by atoms with Crippen molar-refractivity contribution in [1.29, 1.82) is 0 Å². The molecule has 0 aliphatic heterocycles. The topological polar surface area (TPSA) is 55.1 Å². The minimum Gasteiger partial charge on any atom is -0.366 e. The third-order valence-electron chi connectivity index (χ3n) is 2.70. The first-order valence-electron chi connectivity index (χ1n) is 5.86. The van der Waals surface area contributed by atoms with E-state index < -0.39 is 11.7 Å². The molecule has 0 aliphatic carbocycles. The molecule has 4 heteroatoms. The van der Waals surface area contributed by atoms with E-state index in [4.69, 9.17) is 5.73 Å². The fourth-order valence-electron chi connectivity index (χ4n) is 1.66. The maximum atomic E-state index is 13.6. The molecular formula is C13H19FN2O. The molecule has 0 saturated heterocycles. The molecule has 1 atom stereocenters. The van der Waals surface area contributed by atoms with E-state index in [2.05, 4.69) is 19.2 Å². The number of benzene rings is 1. The zero-order valence-electron chi connectivity index (χ0n) is 10.3. The largest absolute Gasteiger partial charge is 0.366 e. The molecule has 0 heterocycles.